The lowest BCUT2D eigenvalue weighted by atomic mass is 9.43. The molecule has 1 heterocycles. The summed E-state index contributed by atoms with van der Waals surface area (Å²) in [5, 5.41) is 11.9. The number of allylic oxidation sites excluding steroid dienone is 1. The van der Waals surface area contributed by atoms with Gasteiger partial charge in [-0.25, -0.2) is 0 Å². The number of carbonyl (C=O) groups is 1. The Morgan fingerprint density at radius 3 is 2.49 bits per heavy atom. The van der Waals surface area contributed by atoms with E-state index in [4.69, 9.17) is 0 Å². The maximum atomic E-state index is 12.4. The van der Waals surface area contributed by atoms with Gasteiger partial charge in [-0.3, -0.25) is 4.79 Å². The molecular formula is C32H41NO2. The summed E-state index contributed by atoms with van der Waals surface area (Å²) >= 11 is 0. The van der Waals surface area contributed by atoms with Gasteiger partial charge in [0.1, 0.15) is 5.60 Å². The van der Waals surface area contributed by atoms with Crippen molar-refractivity contribution in [3.63, 3.8) is 0 Å². The summed E-state index contributed by atoms with van der Waals surface area (Å²) in [6.45, 7) is 9.00. The molecule has 1 unspecified atom stereocenters. The lowest BCUT2D eigenvalue weighted by Crippen LogP contribution is -2.57. The van der Waals surface area contributed by atoms with E-state index in [2.05, 4.69) is 54.9 Å². The van der Waals surface area contributed by atoms with Gasteiger partial charge in [-0.1, -0.05) is 37.5 Å². The summed E-state index contributed by atoms with van der Waals surface area (Å²) in [5.41, 5.74) is 3.14. The summed E-state index contributed by atoms with van der Waals surface area (Å²) in [5.74, 6) is 8.64. The zero-order valence-corrected chi connectivity index (χ0v) is 21.8. The van der Waals surface area contributed by atoms with Gasteiger partial charge in [0.2, 0.25) is 0 Å². The quantitative estimate of drug-likeness (QED) is 0.517. The van der Waals surface area contributed by atoms with E-state index in [1.807, 2.05) is 13.0 Å². The summed E-state index contributed by atoms with van der Waals surface area (Å²) in [6.07, 6.45) is 11.2. The molecule has 1 aromatic rings. The Kier molecular flexibility index (Phi) is 5.50. The maximum Gasteiger partial charge on any atom is 0.155 e. The molecule has 186 valence electrons. The Morgan fingerprint density at radius 2 is 1.77 bits per heavy atom. The van der Waals surface area contributed by atoms with Crippen LogP contribution in [-0.2, 0) is 4.79 Å². The molecule has 4 fully saturated rings. The van der Waals surface area contributed by atoms with Crippen LogP contribution in [0.3, 0.4) is 0 Å². The lowest BCUT2D eigenvalue weighted by molar-refractivity contribution is -0.122. The van der Waals surface area contributed by atoms with E-state index >= 15 is 0 Å². The molecule has 0 bridgehead atoms. The van der Waals surface area contributed by atoms with Crippen molar-refractivity contribution in [2.75, 3.05) is 18.0 Å². The number of aliphatic hydroxyl groups is 1. The molecule has 1 N–H and O–H groups in total. The highest BCUT2D eigenvalue weighted by atomic mass is 16.3. The Bertz CT molecular complexity index is 1100. The molecule has 35 heavy (non-hydrogen) atoms. The maximum absolute atomic E-state index is 12.4. The molecule has 4 aliphatic carbocycles. The number of benzene rings is 1. The fourth-order valence-corrected chi connectivity index (χ4v) is 9.39. The third-order valence-electron chi connectivity index (χ3n) is 11.2. The standard InChI is InChI=1S/C32H41NO2/c1-4-15-32(35)17-14-28-26-12-9-23-20-25(34)13-16-30(23,2)29(26)27(21-31(28,32)3)22-7-10-24(11-8-22)33-18-5-6-19-33/h7-8,10-11,20,26-29,35H,5-6,9,12-14,16-19,21H2,1-3H3/t26-,27+,28-,29?,30-,31-,32-/m0/s1. The summed E-state index contributed by atoms with van der Waals surface area (Å²) in [4.78, 5) is 14.9. The molecule has 1 saturated heterocycles. The highest BCUT2D eigenvalue weighted by Gasteiger charge is 2.66. The lowest BCUT2D eigenvalue weighted by Gasteiger charge is -2.61. The molecular weight excluding hydrogens is 430 g/mol. The number of hydrogen-bond donors (Lipinski definition) is 1. The number of rotatable bonds is 2. The van der Waals surface area contributed by atoms with Crippen molar-refractivity contribution < 1.29 is 9.90 Å². The van der Waals surface area contributed by atoms with E-state index in [0.717, 1.165) is 51.6 Å². The van der Waals surface area contributed by atoms with Crippen LogP contribution in [0.25, 0.3) is 0 Å². The van der Waals surface area contributed by atoms with Crippen LogP contribution in [0.5, 0.6) is 0 Å². The van der Waals surface area contributed by atoms with Gasteiger partial charge < -0.3 is 10.0 Å². The molecule has 3 nitrogen and oxygen atoms in total. The minimum absolute atomic E-state index is 0.0770. The molecule has 3 heteroatoms. The van der Waals surface area contributed by atoms with E-state index < -0.39 is 5.60 Å². The van der Waals surface area contributed by atoms with Gasteiger partial charge >= 0.3 is 0 Å². The SMILES string of the molecule is CC#C[C@]1(O)CC[C@H]2[C@@H]3CCC4=CC(=O)CC[C@]4(C)C3[C@@H](c3ccc(N4CCCC4)cc3)C[C@@]21C. The van der Waals surface area contributed by atoms with Gasteiger partial charge in [-0.15, -0.1) is 5.92 Å². The van der Waals surface area contributed by atoms with Crippen molar-refractivity contribution in [1.29, 1.82) is 0 Å². The fraction of sp³-hybridized carbons (Fsp3) is 0.656. The zero-order chi connectivity index (χ0) is 24.4. The first-order chi connectivity index (χ1) is 16.8. The van der Waals surface area contributed by atoms with Crippen molar-refractivity contribution in [2.45, 2.75) is 90.1 Å². The smallest absolute Gasteiger partial charge is 0.155 e. The average Bonchev–Trinajstić information content (AvgIpc) is 3.46. The topological polar surface area (TPSA) is 40.5 Å². The second-order valence-corrected chi connectivity index (χ2v) is 12.7. The van der Waals surface area contributed by atoms with Gasteiger partial charge in [-0.05, 0) is 111 Å². The number of hydrogen-bond acceptors (Lipinski definition) is 3. The monoisotopic (exact) mass is 471 g/mol. The molecule has 1 aliphatic heterocycles. The van der Waals surface area contributed by atoms with E-state index in [9.17, 15) is 9.90 Å². The van der Waals surface area contributed by atoms with Gasteiger partial charge in [-0.2, -0.15) is 0 Å². The fourth-order valence-electron chi connectivity index (χ4n) is 9.39. The van der Waals surface area contributed by atoms with E-state index in [1.165, 1.54) is 29.7 Å². The normalized spacial score (nSPS) is 42.5. The van der Waals surface area contributed by atoms with E-state index in [-0.39, 0.29) is 10.8 Å². The van der Waals surface area contributed by atoms with Crippen LogP contribution in [-0.4, -0.2) is 29.6 Å². The minimum atomic E-state index is -0.898. The molecule has 6 rings (SSSR count). The van der Waals surface area contributed by atoms with E-state index in [0.29, 0.717) is 35.9 Å². The van der Waals surface area contributed by atoms with Crippen LogP contribution < -0.4 is 4.90 Å². The van der Waals surface area contributed by atoms with Crippen LogP contribution in [0.1, 0.15) is 90.0 Å². The van der Waals surface area contributed by atoms with Crippen LogP contribution in [0.15, 0.2) is 35.9 Å². The minimum Gasteiger partial charge on any atom is -0.377 e. The molecule has 1 aromatic carbocycles. The predicted octanol–water partition coefficient (Wildman–Crippen LogP) is 6.27. The molecule has 3 saturated carbocycles. The Balaban J connectivity index is 1.44. The molecule has 0 aromatic heterocycles. The van der Waals surface area contributed by atoms with E-state index in [1.54, 1.807) is 0 Å². The first-order valence-electron chi connectivity index (χ1n) is 14.0. The van der Waals surface area contributed by atoms with Crippen molar-refractivity contribution >= 4 is 11.5 Å². The molecule has 5 aliphatic rings. The van der Waals surface area contributed by atoms with Crippen molar-refractivity contribution in [2.24, 2.45) is 28.6 Å². The van der Waals surface area contributed by atoms with Gasteiger partial charge in [0.25, 0.3) is 0 Å². The average molecular weight is 472 g/mol. The second-order valence-electron chi connectivity index (χ2n) is 12.7. The van der Waals surface area contributed by atoms with Gasteiger partial charge in [0, 0.05) is 30.6 Å². The number of fused-ring (bicyclic) bond motifs is 5. The largest absolute Gasteiger partial charge is 0.377 e. The first kappa shape index (κ1) is 23.4. The number of carbonyl (C=O) groups excluding carboxylic acids is 1. The van der Waals surface area contributed by atoms with Crippen LogP contribution in [0, 0.1) is 40.4 Å². The van der Waals surface area contributed by atoms with Crippen molar-refractivity contribution in [1.82, 2.24) is 0 Å². The number of nitrogens with zero attached hydrogens (tertiary/aromatic N) is 1. The number of ketones is 1. The Labute approximate surface area is 211 Å². The predicted molar refractivity (Wildman–Crippen MR) is 141 cm³/mol. The molecule has 0 amide bonds. The van der Waals surface area contributed by atoms with Crippen molar-refractivity contribution in [3.05, 3.63) is 41.5 Å². The molecule has 0 radical (unpaired) electrons. The highest BCUT2D eigenvalue weighted by molar-refractivity contribution is 5.91. The second kappa shape index (κ2) is 8.24. The zero-order valence-electron chi connectivity index (χ0n) is 21.8. The van der Waals surface area contributed by atoms with Crippen LogP contribution in [0.2, 0.25) is 0 Å². The van der Waals surface area contributed by atoms with Crippen LogP contribution >= 0.6 is 0 Å². The Morgan fingerprint density at radius 1 is 1.03 bits per heavy atom. The third kappa shape index (κ3) is 3.39. The number of anilines is 1. The summed E-state index contributed by atoms with van der Waals surface area (Å²) in [6, 6.07) is 9.44. The third-order valence-corrected chi connectivity index (χ3v) is 11.2. The van der Waals surface area contributed by atoms with Gasteiger partial charge in [0.15, 0.2) is 5.78 Å². The van der Waals surface area contributed by atoms with Crippen LogP contribution in [0.4, 0.5) is 5.69 Å². The summed E-state index contributed by atoms with van der Waals surface area (Å²) in [7, 11) is 0. The van der Waals surface area contributed by atoms with Gasteiger partial charge in [0.05, 0.1) is 0 Å². The molecule has 0 spiro atoms. The summed E-state index contributed by atoms with van der Waals surface area (Å²) < 4.78 is 0. The highest BCUT2D eigenvalue weighted by Crippen LogP contribution is 2.70. The Hall–Kier alpha value is -2.05. The van der Waals surface area contributed by atoms with Crippen molar-refractivity contribution in [3.8, 4) is 11.8 Å². The first-order valence-corrected chi connectivity index (χ1v) is 14.0. The molecule has 7 atom stereocenters.